The molecule has 0 aliphatic carbocycles. The van der Waals surface area contributed by atoms with Gasteiger partial charge in [-0.3, -0.25) is 4.79 Å². The van der Waals surface area contributed by atoms with Crippen LogP contribution in [0.15, 0.2) is 6.20 Å². The average Bonchev–Trinajstić information content (AvgIpc) is 2.78. The zero-order valence-corrected chi connectivity index (χ0v) is 10.8. The molecule has 1 aromatic heterocycles. The summed E-state index contributed by atoms with van der Waals surface area (Å²) in [6.45, 7) is 3.96. The third-order valence-electron chi connectivity index (χ3n) is 3.32. The van der Waals surface area contributed by atoms with Crippen molar-refractivity contribution in [3.05, 3.63) is 17.7 Å². The maximum Gasteiger partial charge on any atom is 0.273 e. The van der Waals surface area contributed by atoms with Gasteiger partial charge in [-0.2, -0.15) is 0 Å². The van der Waals surface area contributed by atoms with Gasteiger partial charge in [0.25, 0.3) is 5.91 Å². The Kier molecular flexibility index (Phi) is 3.82. The first-order valence-electron chi connectivity index (χ1n) is 6.54. The number of fused-ring (bicyclic) bond motifs is 1. The van der Waals surface area contributed by atoms with E-state index in [2.05, 4.69) is 16.5 Å². The molecule has 0 N–H and O–H groups in total. The van der Waals surface area contributed by atoms with Crippen LogP contribution in [-0.2, 0) is 13.0 Å². The monoisotopic (exact) mass is 235 g/mol. The van der Waals surface area contributed by atoms with E-state index in [1.807, 2.05) is 13.2 Å². The highest BCUT2D eigenvalue weighted by atomic mass is 16.2. The Morgan fingerprint density at radius 2 is 2.35 bits per heavy atom. The SMILES string of the molecule is CCCCN(C)C(=O)c1cn2c(n1)CCCC2. The van der Waals surface area contributed by atoms with Crippen molar-refractivity contribution in [3.63, 3.8) is 0 Å². The fraction of sp³-hybridized carbons (Fsp3) is 0.692. The Bertz CT molecular complexity index is 374. The summed E-state index contributed by atoms with van der Waals surface area (Å²) >= 11 is 0. The lowest BCUT2D eigenvalue weighted by atomic mass is 10.2. The molecule has 0 unspecified atom stereocenters. The summed E-state index contributed by atoms with van der Waals surface area (Å²) in [5.74, 6) is 1.13. The van der Waals surface area contributed by atoms with Gasteiger partial charge in [0, 0.05) is 32.8 Å². The second-order valence-electron chi connectivity index (χ2n) is 4.77. The van der Waals surface area contributed by atoms with E-state index < -0.39 is 0 Å². The minimum atomic E-state index is 0.0559. The molecule has 0 saturated heterocycles. The van der Waals surface area contributed by atoms with E-state index in [1.165, 1.54) is 12.8 Å². The lowest BCUT2D eigenvalue weighted by Gasteiger charge is -2.14. The van der Waals surface area contributed by atoms with Crippen molar-refractivity contribution in [2.75, 3.05) is 13.6 Å². The lowest BCUT2D eigenvalue weighted by molar-refractivity contribution is 0.0788. The molecule has 1 aliphatic rings. The zero-order chi connectivity index (χ0) is 12.3. The molecular formula is C13H21N3O. The molecule has 4 nitrogen and oxygen atoms in total. The number of nitrogens with zero attached hydrogens (tertiary/aromatic N) is 3. The van der Waals surface area contributed by atoms with E-state index in [-0.39, 0.29) is 5.91 Å². The smallest absolute Gasteiger partial charge is 0.273 e. The van der Waals surface area contributed by atoms with Gasteiger partial charge in [-0.05, 0) is 19.3 Å². The fourth-order valence-electron chi connectivity index (χ4n) is 2.21. The van der Waals surface area contributed by atoms with Crippen molar-refractivity contribution in [1.29, 1.82) is 0 Å². The van der Waals surface area contributed by atoms with Crippen molar-refractivity contribution in [3.8, 4) is 0 Å². The minimum absolute atomic E-state index is 0.0559. The van der Waals surface area contributed by atoms with Crippen molar-refractivity contribution < 1.29 is 4.79 Å². The first kappa shape index (κ1) is 12.1. The molecule has 1 aromatic rings. The molecule has 4 heteroatoms. The van der Waals surface area contributed by atoms with Crippen LogP contribution in [0.3, 0.4) is 0 Å². The number of carbonyl (C=O) groups is 1. The van der Waals surface area contributed by atoms with E-state index in [0.29, 0.717) is 5.69 Å². The topological polar surface area (TPSA) is 38.1 Å². The number of unbranched alkanes of at least 4 members (excludes halogenated alkanes) is 1. The highest BCUT2D eigenvalue weighted by Gasteiger charge is 2.18. The molecular weight excluding hydrogens is 214 g/mol. The first-order chi connectivity index (χ1) is 8.22. The summed E-state index contributed by atoms with van der Waals surface area (Å²) in [5.41, 5.74) is 0.612. The number of carbonyl (C=O) groups excluding carboxylic acids is 1. The summed E-state index contributed by atoms with van der Waals surface area (Å²) in [6, 6.07) is 0. The number of aryl methyl sites for hydroxylation is 2. The Hall–Kier alpha value is -1.32. The summed E-state index contributed by atoms with van der Waals surface area (Å²) in [4.78, 5) is 18.3. The normalized spacial score (nSPS) is 14.5. The van der Waals surface area contributed by atoms with E-state index >= 15 is 0 Å². The maximum atomic E-state index is 12.1. The molecule has 1 amide bonds. The van der Waals surface area contributed by atoms with Gasteiger partial charge in [0.2, 0.25) is 0 Å². The van der Waals surface area contributed by atoms with Gasteiger partial charge >= 0.3 is 0 Å². The fourth-order valence-corrected chi connectivity index (χ4v) is 2.21. The van der Waals surface area contributed by atoms with Crippen LogP contribution < -0.4 is 0 Å². The lowest BCUT2D eigenvalue weighted by Crippen LogP contribution is -2.27. The summed E-state index contributed by atoms with van der Waals surface area (Å²) in [5, 5.41) is 0. The van der Waals surface area contributed by atoms with Crippen molar-refractivity contribution in [2.45, 2.75) is 45.6 Å². The Morgan fingerprint density at radius 3 is 3.06 bits per heavy atom. The minimum Gasteiger partial charge on any atom is -0.340 e. The summed E-state index contributed by atoms with van der Waals surface area (Å²) < 4.78 is 2.13. The quantitative estimate of drug-likeness (QED) is 0.801. The molecule has 94 valence electrons. The molecule has 2 heterocycles. The predicted octanol–water partition coefficient (Wildman–Crippen LogP) is 2.09. The van der Waals surface area contributed by atoms with Crippen LogP contribution in [-0.4, -0.2) is 34.0 Å². The summed E-state index contributed by atoms with van der Waals surface area (Å²) in [7, 11) is 1.86. The molecule has 1 aliphatic heterocycles. The molecule has 0 aromatic carbocycles. The van der Waals surface area contributed by atoms with Crippen LogP contribution in [0.5, 0.6) is 0 Å². The van der Waals surface area contributed by atoms with Gasteiger partial charge in [-0.15, -0.1) is 0 Å². The molecule has 0 saturated carbocycles. The molecule has 0 spiro atoms. The van der Waals surface area contributed by atoms with Crippen LogP contribution in [0.1, 0.15) is 48.9 Å². The Morgan fingerprint density at radius 1 is 1.53 bits per heavy atom. The second-order valence-corrected chi connectivity index (χ2v) is 4.77. The van der Waals surface area contributed by atoms with E-state index in [0.717, 1.165) is 38.2 Å². The van der Waals surface area contributed by atoms with Gasteiger partial charge in [0.05, 0.1) is 0 Å². The second kappa shape index (κ2) is 5.34. The number of aromatic nitrogens is 2. The van der Waals surface area contributed by atoms with Crippen LogP contribution in [0.4, 0.5) is 0 Å². The van der Waals surface area contributed by atoms with Crippen LogP contribution >= 0.6 is 0 Å². The average molecular weight is 235 g/mol. The van der Waals surface area contributed by atoms with Crippen LogP contribution in [0.2, 0.25) is 0 Å². The van der Waals surface area contributed by atoms with Crippen molar-refractivity contribution in [1.82, 2.24) is 14.5 Å². The van der Waals surface area contributed by atoms with Gasteiger partial charge in [-0.1, -0.05) is 13.3 Å². The number of amides is 1. The van der Waals surface area contributed by atoms with Gasteiger partial charge < -0.3 is 9.47 Å². The zero-order valence-electron chi connectivity index (χ0n) is 10.8. The van der Waals surface area contributed by atoms with Crippen LogP contribution in [0.25, 0.3) is 0 Å². The summed E-state index contributed by atoms with van der Waals surface area (Å²) in [6.07, 6.45) is 7.47. The number of hydrogen-bond acceptors (Lipinski definition) is 2. The molecule has 0 bridgehead atoms. The third-order valence-corrected chi connectivity index (χ3v) is 3.32. The Labute approximate surface area is 103 Å². The largest absolute Gasteiger partial charge is 0.340 e. The van der Waals surface area contributed by atoms with Crippen LogP contribution in [0, 0.1) is 0 Å². The molecule has 2 rings (SSSR count). The van der Waals surface area contributed by atoms with Gasteiger partial charge in [0.1, 0.15) is 11.5 Å². The first-order valence-corrected chi connectivity index (χ1v) is 6.54. The van der Waals surface area contributed by atoms with Crippen molar-refractivity contribution in [2.24, 2.45) is 0 Å². The molecule has 0 atom stereocenters. The molecule has 0 fully saturated rings. The maximum absolute atomic E-state index is 12.1. The van der Waals surface area contributed by atoms with E-state index in [1.54, 1.807) is 4.90 Å². The predicted molar refractivity (Wildman–Crippen MR) is 67.0 cm³/mol. The van der Waals surface area contributed by atoms with E-state index in [4.69, 9.17) is 0 Å². The molecule has 0 radical (unpaired) electrons. The highest BCUT2D eigenvalue weighted by Crippen LogP contribution is 2.15. The van der Waals surface area contributed by atoms with Gasteiger partial charge in [0.15, 0.2) is 0 Å². The molecule has 17 heavy (non-hydrogen) atoms. The highest BCUT2D eigenvalue weighted by molar-refractivity contribution is 5.92. The Balaban J connectivity index is 2.06. The van der Waals surface area contributed by atoms with Crippen molar-refractivity contribution >= 4 is 5.91 Å². The number of imidazole rings is 1. The van der Waals surface area contributed by atoms with Gasteiger partial charge in [-0.25, -0.2) is 4.98 Å². The number of hydrogen-bond donors (Lipinski definition) is 0. The third kappa shape index (κ3) is 2.68. The standard InChI is InChI=1S/C13H21N3O/c1-3-4-8-15(2)13(17)11-10-16-9-6-5-7-12(16)14-11/h10H,3-9H2,1-2H3. The van der Waals surface area contributed by atoms with E-state index in [9.17, 15) is 4.79 Å². The number of rotatable bonds is 4.